The zero-order valence-electron chi connectivity index (χ0n) is 14.8. The second-order valence-electron chi connectivity index (χ2n) is 5.49. The SMILES string of the molecule is CCOc1ccc2c(c1)s/c(=N\S(=O)(=O)c1ccccc1)n2CC(=O)OC. The fraction of sp³-hybridized carbons (Fsp3) is 0.222. The second-order valence-corrected chi connectivity index (χ2v) is 8.10. The lowest BCUT2D eigenvalue weighted by Gasteiger charge is -2.05. The number of hydrogen-bond acceptors (Lipinski definition) is 6. The van der Waals surface area contributed by atoms with Gasteiger partial charge in [-0.15, -0.1) is 4.40 Å². The van der Waals surface area contributed by atoms with Crippen LogP contribution in [0.2, 0.25) is 0 Å². The molecule has 0 aliphatic carbocycles. The van der Waals surface area contributed by atoms with Gasteiger partial charge >= 0.3 is 5.97 Å². The molecule has 0 atom stereocenters. The largest absolute Gasteiger partial charge is 0.494 e. The minimum absolute atomic E-state index is 0.0853. The molecule has 0 amide bonds. The Labute approximate surface area is 160 Å². The van der Waals surface area contributed by atoms with E-state index < -0.39 is 16.0 Å². The smallest absolute Gasteiger partial charge is 0.325 e. The molecule has 1 aromatic heterocycles. The van der Waals surface area contributed by atoms with Gasteiger partial charge in [-0.1, -0.05) is 29.5 Å². The quantitative estimate of drug-likeness (QED) is 0.587. The molecule has 7 nitrogen and oxygen atoms in total. The predicted molar refractivity (Wildman–Crippen MR) is 102 cm³/mol. The molecule has 0 radical (unpaired) electrons. The van der Waals surface area contributed by atoms with Gasteiger partial charge in [0.05, 0.1) is 28.8 Å². The van der Waals surface area contributed by atoms with E-state index in [1.807, 2.05) is 6.92 Å². The molecule has 3 aromatic rings. The van der Waals surface area contributed by atoms with Gasteiger partial charge in [-0.05, 0) is 37.3 Å². The highest BCUT2D eigenvalue weighted by Crippen LogP contribution is 2.24. The summed E-state index contributed by atoms with van der Waals surface area (Å²) in [6, 6.07) is 13.3. The number of aromatic nitrogens is 1. The minimum atomic E-state index is -3.92. The Morgan fingerprint density at radius 1 is 1.19 bits per heavy atom. The fourth-order valence-electron chi connectivity index (χ4n) is 2.47. The first-order valence-electron chi connectivity index (χ1n) is 8.13. The molecule has 0 aliphatic heterocycles. The van der Waals surface area contributed by atoms with Crippen molar-refractivity contribution in [3.8, 4) is 5.75 Å². The number of carbonyl (C=O) groups is 1. The molecule has 0 aliphatic rings. The molecule has 0 saturated carbocycles. The predicted octanol–water partition coefficient (Wildman–Crippen LogP) is 2.56. The van der Waals surface area contributed by atoms with E-state index in [0.29, 0.717) is 17.9 Å². The van der Waals surface area contributed by atoms with Crippen molar-refractivity contribution in [1.29, 1.82) is 0 Å². The number of nitrogens with zero attached hydrogens (tertiary/aromatic N) is 2. The van der Waals surface area contributed by atoms with Gasteiger partial charge in [-0.3, -0.25) is 4.79 Å². The van der Waals surface area contributed by atoms with Crippen LogP contribution in [0.5, 0.6) is 5.75 Å². The number of sulfonamides is 1. The van der Waals surface area contributed by atoms with Crippen LogP contribution < -0.4 is 9.54 Å². The summed E-state index contributed by atoms with van der Waals surface area (Å²) in [7, 11) is -2.64. The molecule has 0 bridgehead atoms. The Hall–Kier alpha value is -2.65. The van der Waals surface area contributed by atoms with Gasteiger partial charge < -0.3 is 14.0 Å². The molecule has 0 saturated heterocycles. The molecule has 0 spiro atoms. The van der Waals surface area contributed by atoms with E-state index in [9.17, 15) is 13.2 Å². The number of carbonyl (C=O) groups excluding carboxylic acids is 1. The van der Waals surface area contributed by atoms with E-state index in [2.05, 4.69) is 4.40 Å². The number of ether oxygens (including phenoxy) is 2. The first kappa shape index (κ1) is 19.1. The maximum Gasteiger partial charge on any atom is 0.325 e. The molecule has 2 aromatic carbocycles. The molecule has 1 heterocycles. The van der Waals surface area contributed by atoms with Gasteiger partial charge in [0.15, 0.2) is 0 Å². The monoisotopic (exact) mass is 406 g/mol. The summed E-state index contributed by atoms with van der Waals surface area (Å²) < 4.78 is 41.8. The Balaban J connectivity index is 2.20. The highest BCUT2D eigenvalue weighted by molar-refractivity contribution is 7.90. The third kappa shape index (κ3) is 4.20. The van der Waals surface area contributed by atoms with Crippen LogP contribution in [0, 0.1) is 0 Å². The number of esters is 1. The summed E-state index contributed by atoms with van der Waals surface area (Å²) in [4.78, 5) is 12.1. The first-order valence-corrected chi connectivity index (χ1v) is 10.4. The molecule has 9 heteroatoms. The number of fused-ring (bicyclic) bond motifs is 1. The first-order chi connectivity index (χ1) is 12.9. The molecule has 3 rings (SSSR count). The van der Waals surface area contributed by atoms with Gasteiger partial charge in [-0.25, -0.2) is 0 Å². The van der Waals surface area contributed by atoms with Crippen LogP contribution in [0.4, 0.5) is 0 Å². The van der Waals surface area contributed by atoms with E-state index in [-0.39, 0.29) is 16.2 Å². The molecule has 0 unspecified atom stereocenters. The summed E-state index contributed by atoms with van der Waals surface area (Å²) in [6.45, 7) is 2.25. The normalized spacial score (nSPS) is 12.3. The van der Waals surface area contributed by atoms with E-state index in [1.54, 1.807) is 36.4 Å². The van der Waals surface area contributed by atoms with Crippen LogP contribution >= 0.6 is 11.3 Å². The van der Waals surface area contributed by atoms with Gasteiger partial charge in [0.2, 0.25) is 4.80 Å². The maximum absolute atomic E-state index is 12.6. The summed E-state index contributed by atoms with van der Waals surface area (Å²) in [5.74, 6) is 0.163. The Kier molecular flexibility index (Phi) is 5.62. The van der Waals surface area contributed by atoms with Crippen LogP contribution in [-0.2, 0) is 26.1 Å². The lowest BCUT2D eigenvalue weighted by Crippen LogP contribution is -2.22. The summed E-state index contributed by atoms with van der Waals surface area (Å²) in [5, 5.41) is 0. The number of methoxy groups -OCH3 is 1. The van der Waals surface area contributed by atoms with Crippen molar-refractivity contribution in [3.05, 3.63) is 53.3 Å². The lowest BCUT2D eigenvalue weighted by atomic mass is 10.3. The molecule has 0 fully saturated rings. The summed E-state index contributed by atoms with van der Waals surface area (Å²) in [6.07, 6.45) is 0. The van der Waals surface area contributed by atoms with Crippen molar-refractivity contribution in [2.45, 2.75) is 18.4 Å². The molecule has 0 N–H and O–H groups in total. The Bertz CT molecular complexity index is 1130. The standard InChI is InChI=1S/C18H18N2O5S2/c1-3-25-13-9-10-15-16(11-13)26-18(20(15)12-17(21)24-2)19-27(22,23)14-7-5-4-6-8-14/h4-11H,3,12H2,1-2H3/b19-18-. The highest BCUT2D eigenvalue weighted by atomic mass is 32.2. The van der Waals surface area contributed by atoms with E-state index >= 15 is 0 Å². The third-order valence-corrected chi connectivity index (χ3v) is 6.16. The number of hydrogen-bond donors (Lipinski definition) is 0. The average Bonchev–Trinajstić information content (AvgIpc) is 2.98. The van der Waals surface area contributed by atoms with Crippen molar-refractivity contribution in [2.75, 3.05) is 13.7 Å². The van der Waals surface area contributed by atoms with Gasteiger partial charge in [0.1, 0.15) is 12.3 Å². The zero-order valence-corrected chi connectivity index (χ0v) is 16.4. The fourth-order valence-corrected chi connectivity index (χ4v) is 4.76. The molecular formula is C18H18N2O5S2. The lowest BCUT2D eigenvalue weighted by molar-refractivity contribution is -0.141. The van der Waals surface area contributed by atoms with E-state index in [1.165, 1.54) is 35.1 Å². The molecule has 142 valence electrons. The minimum Gasteiger partial charge on any atom is -0.494 e. The van der Waals surface area contributed by atoms with Gasteiger partial charge in [0.25, 0.3) is 10.0 Å². The highest BCUT2D eigenvalue weighted by Gasteiger charge is 2.16. The maximum atomic E-state index is 12.6. The molecular weight excluding hydrogens is 388 g/mol. The van der Waals surface area contributed by atoms with Crippen LogP contribution in [0.3, 0.4) is 0 Å². The van der Waals surface area contributed by atoms with Crippen LogP contribution in [0.15, 0.2) is 57.8 Å². The van der Waals surface area contributed by atoms with Crippen molar-refractivity contribution in [2.24, 2.45) is 4.40 Å². The van der Waals surface area contributed by atoms with Crippen molar-refractivity contribution in [3.63, 3.8) is 0 Å². The topological polar surface area (TPSA) is 87.0 Å². The summed E-state index contributed by atoms with van der Waals surface area (Å²) in [5.41, 5.74) is 0.677. The third-order valence-electron chi connectivity index (χ3n) is 3.72. The zero-order chi connectivity index (χ0) is 19.4. The van der Waals surface area contributed by atoms with E-state index in [0.717, 1.165) is 4.70 Å². The number of rotatable bonds is 6. The Morgan fingerprint density at radius 2 is 1.93 bits per heavy atom. The van der Waals surface area contributed by atoms with Crippen LogP contribution in [-0.4, -0.2) is 32.7 Å². The second kappa shape index (κ2) is 7.93. The number of benzene rings is 2. The van der Waals surface area contributed by atoms with Crippen molar-refractivity contribution >= 4 is 37.5 Å². The van der Waals surface area contributed by atoms with Gasteiger partial charge in [0, 0.05) is 0 Å². The Morgan fingerprint density at radius 3 is 2.59 bits per heavy atom. The van der Waals surface area contributed by atoms with E-state index in [4.69, 9.17) is 9.47 Å². The summed E-state index contributed by atoms with van der Waals surface area (Å²) >= 11 is 1.17. The molecule has 27 heavy (non-hydrogen) atoms. The van der Waals surface area contributed by atoms with Crippen molar-refractivity contribution < 1.29 is 22.7 Å². The van der Waals surface area contributed by atoms with Crippen LogP contribution in [0.25, 0.3) is 10.2 Å². The average molecular weight is 406 g/mol. The van der Waals surface area contributed by atoms with Crippen LogP contribution in [0.1, 0.15) is 6.92 Å². The number of thiazole rings is 1. The van der Waals surface area contributed by atoms with Crippen molar-refractivity contribution in [1.82, 2.24) is 4.57 Å². The van der Waals surface area contributed by atoms with Gasteiger partial charge in [-0.2, -0.15) is 8.42 Å².